The molecule has 0 atom stereocenters. The highest BCUT2D eigenvalue weighted by Crippen LogP contribution is 2.39. The Labute approximate surface area is 175 Å². The summed E-state index contributed by atoms with van der Waals surface area (Å²) in [7, 11) is 0. The standard InChI is InChI=1S/C15H16ClNO.C10H8O/c16-15-12-7-3-2-6-11(12)13(10-14(15)18)17-8-4-1-5-9-17;11-10-6-5-8-3-1-2-4-9(8)7-10/h2-3,6-7,10,18H,1,4-5,8-9H2;1-7,11H. The molecule has 4 aromatic carbocycles. The highest BCUT2D eigenvalue weighted by atomic mass is 35.5. The smallest absolute Gasteiger partial charge is 0.136 e. The molecule has 0 aliphatic carbocycles. The number of aromatic hydroxyl groups is 2. The van der Waals surface area contributed by atoms with Crippen LogP contribution in [-0.4, -0.2) is 23.3 Å². The molecule has 1 fully saturated rings. The normalized spacial score (nSPS) is 13.9. The molecule has 0 saturated carbocycles. The molecule has 3 nitrogen and oxygen atoms in total. The lowest BCUT2D eigenvalue weighted by molar-refractivity contribution is 0.475. The van der Waals surface area contributed by atoms with Crippen molar-refractivity contribution in [3.05, 3.63) is 77.8 Å². The van der Waals surface area contributed by atoms with Gasteiger partial charge in [0.15, 0.2) is 0 Å². The van der Waals surface area contributed by atoms with Gasteiger partial charge < -0.3 is 15.1 Å². The molecule has 1 aliphatic heterocycles. The first-order chi connectivity index (χ1) is 14.1. The number of anilines is 1. The summed E-state index contributed by atoms with van der Waals surface area (Å²) in [6.45, 7) is 2.12. The molecule has 0 radical (unpaired) electrons. The number of halogens is 1. The average Bonchev–Trinajstić information content (AvgIpc) is 2.77. The van der Waals surface area contributed by atoms with Gasteiger partial charge in [-0.2, -0.15) is 0 Å². The van der Waals surface area contributed by atoms with Crippen LogP contribution in [0.4, 0.5) is 5.69 Å². The van der Waals surface area contributed by atoms with Crippen molar-refractivity contribution in [2.24, 2.45) is 0 Å². The summed E-state index contributed by atoms with van der Waals surface area (Å²) in [5, 5.41) is 23.8. The first-order valence-corrected chi connectivity index (χ1v) is 10.3. The minimum atomic E-state index is 0.177. The summed E-state index contributed by atoms with van der Waals surface area (Å²) < 4.78 is 0. The molecular weight excluding hydrogens is 382 g/mol. The third-order valence-electron chi connectivity index (χ3n) is 5.37. The van der Waals surface area contributed by atoms with Crippen LogP contribution in [0.15, 0.2) is 72.8 Å². The van der Waals surface area contributed by atoms with E-state index in [4.69, 9.17) is 16.7 Å². The Morgan fingerprint density at radius 2 is 1.34 bits per heavy atom. The zero-order valence-corrected chi connectivity index (χ0v) is 16.9. The third-order valence-corrected chi connectivity index (χ3v) is 5.76. The summed E-state index contributed by atoms with van der Waals surface area (Å²) in [5.74, 6) is 0.500. The van der Waals surface area contributed by atoms with Crippen molar-refractivity contribution in [1.29, 1.82) is 0 Å². The van der Waals surface area contributed by atoms with E-state index in [-0.39, 0.29) is 5.75 Å². The molecule has 4 aromatic rings. The van der Waals surface area contributed by atoms with Gasteiger partial charge in [0.05, 0.1) is 5.02 Å². The molecule has 1 aliphatic rings. The monoisotopic (exact) mass is 405 g/mol. The van der Waals surface area contributed by atoms with Gasteiger partial charge in [-0.15, -0.1) is 0 Å². The Balaban J connectivity index is 0.000000159. The van der Waals surface area contributed by atoms with Crippen molar-refractivity contribution >= 4 is 38.8 Å². The maximum atomic E-state index is 9.97. The zero-order valence-electron chi connectivity index (χ0n) is 16.2. The van der Waals surface area contributed by atoms with E-state index in [1.54, 1.807) is 18.2 Å². The minimum absolute atomic E-state index is 0.177. The van der Waals surface area contributed by atoms with Gasteiger partial charge in [0, 0.05) is 35.6 Å². The summed E-state index contributed by atoms with van der Waals surface area (Å²) in [6, 6.07) is 23.1. The van der Waals surface area contributed by atoms with E-state index in [9.17, 15) is 5.11 Å². The molecule has 2 N–H and O–H groups in total. The number of piperidine rings is 1. The van der Waals surface area contributed by atoms with Gasteiger partial charge in [0.2, 0.25) is 0 Å². The number of rotatable bonds is 1. The fourth-order valence-corrected chi connectivity index (χ4v) is 4.10. The van der Waals surface area contributed by atoms with E-state index in [1.807, 2.05) is 48.5 Å². The van der Waals surface area contributed by atoms with Crippen LogP contribution in [0.1, 0.15) is 19.3 Å². The molecule has 148 valence electrons. The number of nitrogens with zero attached hydrogens (tertiary/aromatic N) is 1. The highest BCUT2D eigenvalue weighted by molar-refractivity contribution is 6.37. The first kappa shape index (κ1) is 19.4. The third kappa shape index (κ3) is 4.25. The van der Waals surface area contributed by atoms with Crippen LogP contribution in [0.2, 0.25) is 5.02 Å². The Kier molecular flexibility index (Phi) is 5.77. The topological polar surface area (TPSA) is 43.7 Å². The van der Waals surface area contributed by atoms with Crippen LogP contribution in [-0.2, 0) is 0 Å². The van der Waals surface area contributed by atoms with Crippen LogP contribution in [0.25, 0.3) is 21.5 Å². The summed E-state index contributed by atoms with van der Waals surface area (Å²) in [6.07, 6.45) is 3.74. The highest BCUT2D eigenvalue weighted by Gasteiger charge is 2.16. The SMILES string of the molecule is Oc1cc(N2CCCCC2)c2ccccc2c1Cl.Oc1ccc2ccccc2c1. The van der Waals surface area contributed by atoms with Gasteiger partial charge in [-0.25, -0.2) is 0 Å². The fraction of sp³-hybridized carbons (Fsp3) is 0.200. The summed E-state index contributed by atoms with van der Waals surface area (Å²) in [4.78, 5) is 2.35. The number of hydrogen-bond donors (Lipinski definition) is 2. The summed E-state index contributed by atoms with van der Waals surface area (Å²) >= 11 is 6.17. The largest absolute Gasteiger partial charge is 0.508 e. The van der Waals surface area contributed by atoms with Crippen molar-refractivity contribution in [3.8, 4) is 11.5 Å². The number of benzene rings is 4. The van der Waals surface area contributed by atoms with Crippen molar-refractivity contribution in [2.75, 3.05) is 18.0 Å². The lowest BCUT2D eigenvalue weighted by atomic mass is 10.0. The molecule has 0 amide bonds. The van der Waals surface area contributed by atoms with Crippen LogP contribution < -0.4 is 4.90 Å². The van der Waals surface area contributed by atoms with Gasteiger partial charge in [0.1, 0.15) is 11.5 Å². The fourth-order valence-electron chi connectivity index (χ4n) is 3.88. The van der Waals surface area contributed by atoms with Crippen LogP contribution in [0, 0.1) is 0 Å². The van der Waals surface area contributed by atoms with Crippen LogP contribution in [0.3, 0.4) is 0 Å². The molecule has 0 unspecified atom stereocenters. The molecule has 1 heterocycles. The Bertz CT molecular complexity index is 1140. The van der Waals surface area contributed by atoms with Gasteiger partial charge >= 0.3 is 0 Å². The molecule has 1 saturated heterocycles. The number of phenols is 2. The van der Waals surface area contributed by atoms with Crippen LogP contribution >= 0.6 is 11.6 Å². The molecule has 4 heteroatoms. The number of fused-ring (bicyclic) bond motifs is 2. The average molecular weight is 406 g/mol. The van der Waals surface area contributed by atoms with Crippen molar-refractivity contribution in [2.45, 2.75) is 19.3 Å². The van der Waals surface area contributed by atoms with E-state index < -0.39 is 0 Å². The number of hydrogen-bond acceptors (Lipinski definition) is 3. The molecule has 0 bridgehead atoms. The number of phenolic OH excluding ortho intramolecular Hbond substituents is 2. The lowest BCUT2D eigenvalue weighted by Crippen LogP contribution is -2.29. The predicted molar refractivity (Wildman–Crippen MR) is 122 cm³/mol. The molecule has 0 aromatic heterocycles. The summed E-state index contributed by atoms with van der Waals surface area (Å²) in [5.41, 5.74) is 1.10. The van der Waals surface area contributed by atoms with Crippen molar-refractivity contribution < 1.29 is 10.2 Å². The van der Waals surface area contributed by atoms with E-state index in [1.165, 1.54) is 19.3 Å². The molecule has 29 heavy (non-hydrogen) atoms. The van der Waals surface area contributed by atoms with Gasteiger partial charge in [0.25, 0.3) is 0 Å². The Morgan fingerprint density at radius 1 is 0.690 bits per heavy atom. The second-order valence-corrected chi connectivity index (χ2v) is 7.73. The van der Waals surface area contributed by atoms with Crippen LogP contribution in [0.5, 0.6) is 11.5 Å². The minimum Gasteiger partial charge on any atom is -0.508 e. The predicted octanol–water partition coefficient (Wildman–Crippen LogP) is 6.73. The maximum Gasteiger partial charge on any atom is 0.136 e. The second-order valence-electron chi connectivity index (χ2n) is 7.35. The Morgan fingerprint density at radius 3 is 2.10 bits per heavy atom. The van der Waals surface area contributed by atoms with Crippen molar-refractivity contribution in [3.63, 3.8) is 0 Å². The van der Waals surface area contributed by atoms with Gasteiger partial charge in [-0.05, 0) is 42.2 Å². The van der Waals surface area contributed by atoms with Gasteiger partial charge in [-0.1, -0.05) is 66.2 Å². The lowest BCUT2D eigenvalue weighted by Gasteiger charge is -2.30. The van der Waals surface area contributed by atoms with Gasteiger partial charge in [-0.3, -0.25) is 0 Å². The second kappa shape index (κ2) is 8.62. The zero-order chi connectivity index (χ0) is 20.2. The Hall–Kier alpha value is -2.91. The van der Waals surface area contributed by atoms with E-state index in [0.717, 1.165) is 40.3 Å². The van der Waals surface area contributed by atoms with E-state index in [0.29, 0.717) is 10.8 Å². The first-order valence-electron chi connectivity index (χ1n) is 9.96. The molecule has 5 rings (SSSR count). The molecule has 0 spiro atoms. The van der Waals surface area contributed by atoms with E-state index in [2.05, 4.69) is 11.0 Å². The molecular formula is C25H24ClNO2. The van der Waals surface area contributed by atoms with Crippen molar-refractivity contribution in [1.82, 2.24) is 0 Å². The maximum absolute atomic E-state index is 9.97. The van der Waals surface area contributed by atoms with E-state index >= 15 is 0 Å². The quantitative estimate of drug-likeness (QED) is 0.368.